The van der Waals surface area contributed by atoms with Gasteiger partial charge in [0.05, 0.1) is 4.88 Å². The van der Waals surface area contributed by atoms with Crippen molar-refractivity contribution in [3.8, 4) is 0 Å². The van der Waals surface area contributed by atoms with Crippen molar-refractivity contribution < 1.29 is 14.7 Å². The number of aliphatic hydroxyl groups excluding tert-OH is 1. The van der Waals surface area contributed by atoms with E-state index < -0.39 is 0 Å². The SMILES string of the molecule is O=C(NCCCO)C1CCN(C(=O)c2cccs2)CC1. The first kappa shape index (κ1) is 15.0. The molecule has 0 saturated carbocycles. The molecule has 0 unspecified atom stereocenters. The maximum Gasteiger partial charge on any atom is 0.263 e. The maximum atomic E-state index is 12.2. The van der Waals surface area contributed by atoms with Crippen LogP contribution in [0.2, 0.25) is 0 Å². The van der Waals surface area contributed by atoms with Crippen LogP contribution < -0.4 is 5.32 Å². The zero-order valence-corrected chi connectivity index (χ0v) is 12.2. The Morgan fingerprint density at radius 1 is 1.40 bits per heavy atom. The van der Waals surface area contributed by atoms with Gasteiger partial charge in [0.15, 0.2) is 0 Å². The van der Waals surface area contributed by atoms with Gasteiger partial charge in [0.2, 0.25) is 5.91 Å². The average Bonchev–Trinajstić information content (AvgIpc) is 3.01. The van der Waals surface area contributed by atoms with E-state index in [-0.39, 0.29) is 24.3 Å². The highest BCUT2D eigenvalue weighted by Gasteiger charge is 2.27. The summed E-state index contributed by atoms with van der Waals surface area (Å²) in [6.07, 6.45) is 2.01. The number of nitrogens with one attached hydrogen (secondary N) is 1. The topological polar surface area (TPSA) is 69.6 Å². The van der Waals surface area contributed by atoms with Crippen LogP contribution in [-0.2, 0) is 4.79 Å². The van der Waals surface area contributed by atoms with E-state index in [0.717, 1.165) is 4.88 Å². The molecule has 2 amide bonds. The molecule has 1 aromatic rings. The Labute approximate surface area is 122 Å². The fourth-order valence-corrected chi connectivity index (χ4v) is 3.03. The van der Waals surface area contributed by atoms with Gasteiger partial charge in [0.1, 0.15) is 0 Å². The van der Waals surface area contributed by atoms with Gasteiger partial charge in [-0.1, -0.05) is 6.07 Å². The van der Waals surface area contributed by atoms with Crippen molar-refractivity contribution in [1.29, 1.82) is 0 Å². The lowest BCUT2D eigenvalue weighted by molar-refractivity contribution is -0.126. The lowest BCUT2D eigenvalue weighted by Gasteiger charge is -2.31. The number of piperidine rings is 1. The van der Waals surface area contributed by atoms with Crippen LogP contribution in [0.25, 0.3) is 0 Å². The van der Waals surface area contributed by atoms with Crippen LogP contribution in [0.15, 0.2) is 17.5 Å². The first-order valence-corrected chi connectivity index (χ1v) is 7.81. The molecule has 2 N–H and O–H groups in total. The molecule has 2 heterocycles. The number of amides is 2. The Morgan fingerprint density at radius 3 is 2.75 bits per heavy atom. The van der Waals surface area contributed by atoms with Crippen molar-refractivity contribution in [2.45, 2.75) is 19.3 Å². The summed E-state index contributed by atoms with van der Waals surface area (Å²) < 4.78 is 0. The summed E-state index contributed by atoms with van der Waals surface area (Å²) in [4.78, 5) is 26.6. The summed E-state index contributed by atoms with van der Waals surface area (Å²) in [5, 5.41) is 13.4. The molecule has 1 saturated heterocycles. The fourth-order valence-electron chi connectivity index (χ4n) is 2.34. The van der Waals surface area contributed by atoms with Gasteiger partial charge in [-0.3, -0.25) is 9.59 Å². The summed E-state index contributed by atoms with van der Waals surface area (Å²) in [5.41, 5.74) is 0. The van der Waals surface area contributed by atoms with Crippen LogP contribution in [0, 0.1) is 5.92 Å². The molecule has 0 aliphatic carbocycles. The monoisotopic (exact) mass is 296 g/mol. The van der Waals surface area contributed by atoms with Crippen LogP contribution in [0.5, 0.6) is 0 Å². The number of carbonyl (C=O) groups excluding carboxylic acids is 2. The average molecular weight is 296 g/mol. The molecule has 1 aliphatic rings. The number of aliphatic hydroxyl groups is 1. The van der Waals surface area contributed by atoms with E-state index in [9.17, 15) is 9.59 Å². The van der Waals surface area contributed by atoms with Gasteiger partial charge in [-0.25, -0.2) is 0 Å². The number of carbonyl (C=O) groups is 2. The molecule has 5 nitrogen and oxygen atoms in total. The standard InChI is InChI=1S/C14H20N2O3S/c17-9-2-6-15-13(18)11-4-7-16(8-5-11)14(19)12-3-1-10-20-12/h1,3,10-11,17H,2,4-9H2,(H,15,18). The van der Waals surface area contributed by atoms with Gasteiger partial charge in [0, 0.05) is 32.2 Å². The lowest BCUT2D eigenvalue weighted by Crippen LogP contribution is -2.43. The van der Waals surface area contributed by atoms with Gasteiger partial charge in [-0.05, 0) is 30.7 Å². The second-order valence-electron chi connectivity index (χ2n) is 4.91. The number of rotatable bonds is 5. The largest absolute Gasteiger partial charge is 0.396 e. The Bertz CT molecular complexity index is 439. The third-order valence-electron chi connectivity index (χ3n) is 3.52. The van der Waals surface area contributed by atoms with Gasteiger partial charge in [-0.15, -0.1) is 11.3 Å². The number of thiophene rings is 1. The van der Waals surface area contributed by atoms with Crippen molar-refractivity contribution in [1.82, 2.24) is 10.2 Å². The van der Waals surface area contributed by atoms with Crippen molar-refractivity contribution >= 4 is 23.2 Å². The Morgan fingerprint density at radius 2 is 2.15 bits per heavy atom. The molecule has 1 aliphatic heterocycles. The predicted octanol–water partition coefficient (Wildman–Crippen LogP) is 1.10. The van der Waals surface area contributed by atoms with Gasteiger partial charge in [-0.2, -0.15) is 0 Å². The molecule has 1 aromatic heterocycles. The second kappa shape index (κ2) is 7.40. The highest BCUT2D eigenvalue weighted by Crippen LogP contribution is 2.20. The number of hydrogen-bond acceptors (Lipinski definition) is 4. The van der Waals surface area contributed by atoms with Gasteiger partial charge >= 0.3 is 0 Å². The number of nitrogens with zero attached hydrogens (tertiary/aromatic N) is 1. The predicted molar refractivity (Wildman–Crippen MR) is 77.7 cm³/mol. The smallest absolute Gasteiger partial charge is 0.263 e. The molecule has 110 valence electrons. The molecular formula is C14H20N2O3S. The van der Waals surface area contributed by atoms with Crippen LogP contribution in [-0.4, -0.2) is 48.1 Å². The Balaban J connectivity index is 1.77. The molecule has 6 heteroatoms. The quantitative estimate of drug-likeness (QED) is 0.799. The Hall–Kier alpha value is -1.40. The number of likely N-dealkylation sites (tertiary alicyclic amines) is 1. The minimum atomic E-state index is -0.0129. The molecule has 0 atom stereocenters. The van der Waals surface area contributed by atoms with Crippen molar-refractivity contribution in [2.75, 3.05) is 26.2 Å². The minimum absolute atomic E-state index is 0.0129. The molecule has 0 bridgehead atoms. The van der Waals surface area contributed by atoms with Crippen molar-refractivity contribution in [2.24, 2.45) is 5.92 Å². The van der Waals surface area contributed by atoms with Gasteiger partial charge in [0.25, 0.3) is 5.91 Å². The third-order valence-corrected chi connectivity index (χ3v) is 4.38. The zero-order valence-electron chi connectivity index (χ0n) is 11.4. The summed E-state index contributed by atoms with van der Waals surface area (Å²) in [6.45, 7) is 1.88. The molecular weight excluding hydrogens is 276 g/mol. The normalized spacial score (nSPS) is 16.1. The van der Waals surface area contributed by atoms with Gasteiger partial charge < -0.3 is 15.3 Å². The van der Waals surface area contributed by atoms with E-state index in [1.54, 1.807) is 0 Å². The molecule has 0 aromatic carbocycles. The molecule has 2 rings (SSSR count). The van der Waals surface area contributed by atoms with E-state index in [0.29, 0.717) is 38.9 Å². The first-order chi connectivity index (χ1) is 9.72. The maximum absolute atomic E-state index is 12.2. The summed E-state index contributed by atoms with van der Waals surface area (Å²) in [7, 11) is 0. The second-order valence-corrected chi connectivity index (χ2v) is 5.86. The highest BCUT2D eigenvalue weighted by atomic mass is 32.1. The minimum Gasteiger partial charge on any atom is -0.396 e. The van der Waals surface area contributed by atoms with Crippen LogP contribution in [0.3, 0.4) is 0 Å². The molecule has 1 fully saturated rings. The van der Waals surface area contributed by atoms with E-state index >= 15 is 0 Å². The van der Waals surface area contributed by atoms with Crippen LogP contribution >= 0.6 is 11.3 Å². The van der Waals surface area contributed by atoms with E-state index in [1.807, 2.05) is 22.4 Å². The zero-order chi connectivity index (χ0) is 14.4. The van der Waals surface area contributed by atoms with Crippen LogP contribution in [0.1, 0.15) is 28.9 Å². The molecule has 0 spiro atoms. The number of hydrogen-bond donors (Lipinski definition) is 2. The summed E-state index contributed by atoms with van der Waals surface area (Å²) in [5.74, 6) is 0.0990. The summed E-state index contributed by atoms with van der Waals surface area (Å²) in [6, 6.07) is 3.71. The molecule has 20 heavy (non-hydrogen) atoms. The van der Waals surface area contributed by atoms with E-state index in [1.165, 1.54) is 11.3 Å². The van der Waals surface area contributed by atoms with Crippen molar-refractivity contribution in [3.05, 3.63) is 22.4 Å². The molecule has 0 radical (unpaired) electrons. The third kappa shape index (κ3) is 3.80. The van der Waals surface area contributed by atoms with Crippen LogP contribution in [0.4, 0.5) is 0 Å². The summed E-state index contributed by atoms with van der Waals surface area (Å²) >= 11 is 1.45. The Kier molecular flexibility index (Phi) is 5.55. The van der Waals surface area contributed by atoms with E-state index in [2.05, 4.69) is 5.32 Å². The highest BCUT2D eigenvalue weighted by molar-refractivity contribution is 7.12. The van der Waals surface area contributed by atoms with Crippen molar-refractivity contribution in [3.63, 3.8) is 0 Å². The fraction of sp³-hybridized carbons (Fsp3) is 0.571. The first-order valence-electron chi connectivity index (χ1n) is 6.93. The lowest BCUT2D eigenvalue weighted by atomic mass is 9.95. The van der Waals surface area contributed by atoms with E-state index in [4.69, 9.17) is 5.11 Å².